The van der Waals surface area contributed by atoms with E-state index in [4.69, 9.17) is 4.74 Å². The van der Waals surface area contributed by atoms with Gasteiger partial charge < -0.3 is 14.5 Å². The van der Waals surface area contributed by atoms with Crippen molar-refractivity contribution in [1.29, 1.82) is 0 Å². The lowest BCUT2D eigenvalue weighted by molar-refractivity contribution is -0.142. The normalized spacial score (nSPS) is 11.2. The molecule has 1 aromatic heterocycles. The highest BCUT2D eigenvalue weighted by Crippen LogP contribution is 2.34. The zero-order valence-corrected chi connectivity index (χ0v) is 12.7. The first-order valence-corrected chi connectivity index (χ1v) is 6.81. The lowest BCUT2D eigenvalue weighted by Crippen LogP contribution is -2.26. The summed E-state index contributed by atoms with van der Waals surface area (Å²) in [5.74, 6) is -0.767. The van der Waals surface area contributed by atoms with E-state index < -0.39 is 34.8 Å². The molecule has 9 heteroatoms. The number of halogens is 3. The van der Waals surface area contributed by atoms with Gasteiger partial charge >= 0.3 is 17.8 Å². The van der Waals surface area contributed by atoms with Gasteiger partial charge in [-0.25, -0.2) is 9.59 Å². The number of H-pyrrole nitrogens is 1. The fraction of sp³-hybridized carbons (Fsp3) is 0.267. The predicted molar refractivity (Wildman–Crippen MR) is 77.8 cm³/mol. The summed E-state index contributed by atoms with van der Waals surface area (Å²) < 4.78 is 49.3. The van der Waals surface area contributed by atoms with Crippen LogP contribution in [-0.2, 0) is 10.9 Å². The molecule has 1 heterocycles. The summed E-state index contributed by atoms with van der Waals surface area (Å²) in [7, 11) is 1.42. The number of rotatable bonds is 4. The van der Waals surface area contributed by atoms with Crippen LogP contribution in [-0.4, -0.2) is 29.7 Å². The second-order valence-electron chi connectivity index (χ2n) is 4.59. The van der Waals surface area contributed by atoms with E-state index in [2.05, 4.69) is 9.72 Å². The van der Waals surface area contributed by atoms with Crippen molar-refractivity contribution in [2.75, 3.05) is 13.7 Å². The minimum absolute atomic E-state index is 0.128. The number of esters is 1. The van der Waals surface area contributed by atoms with Gasteiger partial charge in [0.15, 0.2) is 0 Å². The van der Waals surface area contributed by atoms with Gasteiger partial charge in [-0.05, 0) is 31.2 Å². The van der Waals surface area contributed by atoms with Crippen molar-refractivity contribution < 1.29 is 27.4 Å². The summed E-state index contributed by atoms with van der Waals surface area (Å²) in [5, 5.41) is 0. The lowest BCUT2D eigenvalue weighted by atomic mass is 10.0. The molecule has 0 amide bonds. The van der Waals surface area contributed by atoms with Crippen LogP contribution < -0.4 is 10.4 Å². The van der Waals surface area contributed by atoms with E-state index in [0.717, 1.165) is 0 Å². The molecular weight excluding hydrogens is 329 g/mol. The Kier molecular flexibility index (Phi) is 4.91. The molecule has 0 atom stereocenters. The Morgan fingerprint density at radius 3 is 2.38 bits per heavy atom. The molecule has 24 heavy (non-hydrogen) atoms. The minimum Gasteiger partial charge on any atom is -0.497 e. The monoisotopic (exact) mass is 342 g/mol. The zero-order valence-electron chi connectivity index (χ0n) is 12.7. The number of methoxy groups -OCH3 is 1. The van der Waals surface area contributed by atoms with Gasteiger partial charge in [-0.1, -0.05) is 0 Å². The Balaban J connectivity index is 2.75. The third kappa shape index (κ3) is 3.55. The molecule has 1 N–H and O–H groups in total. The predicted octanol–water partition coefficient (Wildman–Crippen LogP) is 2.64. The molecule has 1 aromatic carbocycles. The Hall–Kier alpha value is -2.84. The summed E-state index contributed by atoms with van der Waals surface area (Å²) >= 11 is 0. The van der Waals surface area contributed by atoms with E-state index in [1.807, 2.05) is 0 Å². The van der Waals surface area contributed by atoms with Gasteiger partial charge in [-0.2, -0.15) is 18.2 Å². The number of aromatic nitrogens is 2. The van der Waals surface area contributed by atoms with Crippen LogP contribution in [0, 0.1) is 0 Å². The second kappa shape index (κ2) is 6.73. The van der Waals surface area contributed by atoms with E-state index >= 15 is 0 Å². The molecule has 2 aromatic rings. The quantitative estimate of drug-likeness (QED) is 0.864. The van der Waals surface area contributed by atoms with Crippen LogP contribution >= 0.6 is 0 Å². The van der Waals surface area contributed by atoms with Crippen molar-refractivity contribution in [2.24, 2.45) is 0 Å². The maximum absolute atomic E-state index is 13.2. The van der Waals surface area contributed by atoms with E-state index in [1.54, 1.807) is 4.98 Å². The summed E-state index contributed by atoms with van der Waals surface area (Å²) in [6.45, 7) is 1.33. The minimum atomic E-state index is -4.95. The van der Waals surface area contributed by atoms with Crippen molar-refractivity contribution >= 4 is 5.97 Å². The third-order valence-electron chi connectivity index (χ3n) is 3.06. The average molecular weight is 342 g/mol. The van der Waals surface area contributed by atoms with Gasteiger partial charge in [0.25, 0.3) is 0 Å². The molecular formula is C15H13F3N2O4. The van der Waals surface area contributed by atoms with Gasteiger partial charge in [0.2, 0.25) is 0 Å². The maximum Gasteiger partial charge on any atom is 0.432 e. The van der Waals surface area contributed by atoms with Crippen LogP contribution in [0.15, 0.2) is 29.1 Å². The summed E-state index contributed by atoms with van der Waals surface area (Å²) in [5.41, 5.74) is -3.82. The number of benzene rings is 1. The van der Waals surface area contributed by atoms with Gasteiger partial charge in [0, 0.05) is 5.56 Å². The first-order valence-electron chi connectivity index (χ1n) is 6.81. The van der Waals surface area contributed by atoms with E-state index in [9.17, 15) is 22.8 Å². The average Bonchev–Trinajstić information content (AvgIpc) is 2.53. The van der Waals surface area contributed by atoms with Crippen LogP contribution in [0.25, 0.3) is 11.3 Å². The summed E-state index contributed by atoms with van der Waals surface area (Å²) in [6, 6.07) is 5.73. The molecule has 0 bridgehead atoms. The standard InChI is InChI=1S/C15H13F3N2O4/c1-3-24-13(21)10-11(8-4-6-9(23-2)7-5-8)19-14(22)20-12(10)15(16,17)18/h4-7H,3H2,1-2H3,(H,19,20,22). The first-order chi connectivity index (χ1) is 11.3. The van der Waals surface area contributed by atoms with Gasteiger partial charge in [-0.15, -0.1) is 0 Å². The highest BCUT2D eigenvalue weighted by Gasteiger charge is 2.39. The smallest absolute Gasteiger partial charge is 0.432 e. The number of hydrogen-bond acceptors (Lipinski definition) is 5. The van der Waals surface area contributed by atoms with Crippen molar-refractivity contribution in [2.45, 2.75) is 13.1 Å². The second-order valence-corrected chi connectivity index (χ2v) is 4.59. The van der Waals surface area contributed by atoms with Crippen molar-refractivity contribution in [3.05, 3.63) is 46.0 Å². The van der Waals surface area contributed by atoms with E-state index in [1.165, 1.54) is 38.3 Å². The molecule has 0 unspecified atom stereocenters. The van der Waals surface area contributed by atoms with Crippen LogP contribution in [0.4, 0.5) is 13.2 Å². The fourth-order valence-electron chi connectivity index (χ4n) is 2.05. The molecule has 2 rings (SSSR count). The van der Waals surface area contributed by atoms with Crippen LogP contribution in [0.5, 0.6) is 5.75 Å². The summed E-state index contributed by atoms with van der Waals surface area (Å²) in [4.78, 5) is 28.7. The molecule has 0 aliphatic heterocycles. The maximum atomic E-state index is 13.2. The van der Waals surface area contributed by atoms with Crippen LogP contribution in [0.2, 0.25) is 0 Å². The largest absolute Gasteiger partial charge is 0.497 e. The zero-order chi connectivity index (χ0) is 17.9. The Morgan fingerprint density at radius 1 is 1.25 bits per heavy atom. The number of aromatic amines is 1. The number of carbonyl (C=O) groups excluding carboxylic acids is 1. The number of nitrogens with one attached hydrogen (secondary N) is 1. The number of ether oxygens (including phenoxy) is 2. The highest BCUT2D eigenvalue weighted by atomic mass is 19.4. The van der Waals surface area contributed by atoms with Gasteiger partial charge in [0.05, 0.1) is 19.4 Å². The Morgan fingerprint density at radius 2 is 1.88 bits per heavy atom. The molecule has 6 nitrogen and oxygen atoms in total. The van der Waals surface area contributed by atoms with E-state index in [-0.39, 0.29) is 12.2 Å². The fourth-order valence-corrected chi connectivity index (χ4v) is 2.05. The van der Waals surface area contributed by atoms with Crippen molar-refractivity contribution in [1.82, 2.24) is 9.97 Å². The molecule has 0 saturated carbocycles. The molecule has 0 saturated heterocycles. The molecule has 0 radical (unpaired) electrons. The topological polar surface area (TPSA) is 81.3 Å². The number of carbonyl (C=O) groups is 1. The van der Waals surface area contributed by atoms with Crippen LogP contribution in [0.3, 0.4) is 0 Å². The van der Waals surface area contributed by atoms with Gasteiger partial charge in [0.1, 0.15) is 17.0 Å². The first kappa shape index (κ1) is 17.5. The van der Waals surface area contributed by atoms with Crippen LogP contribution in [0.1, 0.15) is 23.0 Å². The molecule has 128 valence electrons. The highest BCUT2D eigenvalue weighted by molar-refractivity contribution is 5.97. The third-order valence-corrected chi connectivity index (χ3v) is 3.06. The van der Waals surface area contributed by atoms with E-state index in [0.29, 0.717) is 5.75 Å². The van der Waals surface area contributed by atoms with Gasteiger partial charge in [-0.3, -0.25) is 0 Å². The van der Waals surface area contributed by atoms with Crippen molar-refractivity contribution in [3.63, 3.8) is 0 Å². The number of alkyl halides is 3. The van der Waals surface area contributed by atoms with Crippen molar-refractivity contribution in [3.8, 4) is 17.0 Å². The lowest BCUT2D eigenvalue weighted by Gasteiger charge is -2.14. The molecule has 0 aliphatic carbocycles. The number of hydrogen-bond donors (Lipinski definition) is 1. The SMILES string of the molecule is CCOC(=O)c1c(-c2ccc(OC)cc2)nc(=O)[nH]c1C(F)(F)F. The molecule has 0 spiro atoms. The molecule has 0 fully saturated rings. The number of nitrogens with zero attached hydrogens (tertiary/aromatic N) is 1. The molecule has 0 aliphatic rings. The Bertz CT molecular complexity index is 798. The Labute approximate surface area is 134 Å². The summed E-state index contributed by atoms with van der Waals surface area (Å²) in [6.07, 6.45) is -4.95.